The fraction of sp³-hybridized carbons (Fsp3) is 0.421. The van der Waals surface area contributed by atoms with Crippen LogP contribution < -0.4 is 4.90 Å². The minimum Gasteiger partial charge on any atom is -0.336 e. The highest BCUT2D eigenvalue weighted by molar-refractivity contribution is 7.91. The van der Waals surface area contributed by atoms with Gasteiger partial charge in [0.1, 0.15) is 5.69 Å². The zero-order valence-electron chi connectivity index (χ0n) is 15.2. The van der Waals surface area contributed by atoms with Gasteiger partial charge in [0.2, 0.25) is 5.95 Å². The third-order valence-electron chi connectivity index (χ3n) is 5.29. The summed E-state index contributed by atoms with van der Waals surface area (Å²) in [5.41, 5.74) is 2.61. The number of sulfone groups is 1. The van der Waals surface area contributed by atoms with Gasteiger partial charge in [0, 0.05) is 31.5 Å². The first kappa shape index (κ1) is 17.9. The summed E-state index contributed by atoms with van der Waals surface area (Å²) in [6.07, 6.45) is 4.08. The van der Waals surface area contributed by atoms with Gasteiger partial charge in [-0.2, -0.15) is 0 Å². The molecule has 0 aliphatic carbocycles. The molecule has 0 bridgehead atoms. The molecule has 1 unspecified atom stereocenters. The molecule has 2 aliphatic rings. The molecule has 2 aromatic rings. The molecule has 0 spiro atoms. The van der Waals surface area contributed by atoms with E-state index in [0.717, 1.165) is 25.1 Å². The van der Waals surface area contributed by atoms with Crippen LogP contribution in [0.25, 0.3) is 0 Å². The summed E-state index contributed by atoms with van der Waals surface area (Å²) in [5, 5.41) is 0. The Balaban J connectivity index is 1.59. The number of rotatable bonds is 3. The number of benzene rings is 1. The highest BCUT2D eigenvalue weighted by atomic mass is 32.2. The molecule has 8 heteroatoms. The first-order valence-electron chi connectivity index (χ1n) is 9.11. The van der Waals surface area contributed by atoms with Crippen LogP contribution in [0, 0.1) is 0 Å². The summed E-state index contributed by atoms with van der Waals surface area (Å²) in [6.45, 7) is 0.797. The monoisotopic (exact) mass is 386 g/mol. The van der Waals surface area contributed by atoms with Crippen LogP contribution in [0.15, 0.2) is 36.5 Å². The lowest BCUT2D eigenvalue weighted by molar-refractivity contribution is 0.0741. The normalized spacial score (nSPS) is 20.9. The summed E-state index contributed by atoms with van der Waals surface area (Å²) in [6, 6.07) is 9.44. The molecule has 0 N–H and O–H groups in total. The van der Waals surface area contributed by atoms with Crippen molar-refractivity contribution < 1.29 is 13.2 Å². The van der Waals surface area contributed by atoms with Gasteiger partial charge in [-0.15, -0.1) is 0 Å². The van der Waals surface area contributed by atoms with E-state index in [1.807, 2.05) is 23.1 Å². The quantitative estimate of drug-likeness (QED) is 0.800. The number of anilines is 2. The van der Waals surface area contributed by atoms with Gasteiger partial charge in [0.05, 0.1) is 11.5 Å². The number of fused-ring (bicyclic) bond motifs is 1. The largest absolute Gasteiger partial charge is 0.336 e. The molecule has 1 aromatic heterocycles. The lowest BCUT2D eigenvalue weighted by atomic mass is 10.0. The second-order valence-corrected chi connectivity index (χ2v) is 9.33. The van der Waals surface area contributed by atoms with Crippen molar-refractivity contribution in [2.75, 3.05) is 30.0 Å². The van der Waals surface area contributed by atoms with Gasteiger partial charge < -0.3 is 9.80 Å². The van der Waals surface area contributed by atoms with E-state index >= 15 is 0 Å². The second kappa shape index (κ2) is 6.92. The van der Waals surface area contributed by atoms with E-state index in [1.54, 1.807) is 19.3 Å². The van der Waals surface area contributed by atoms with Crippen LogP contribution in [0.2, 0.25) is 0 Å². The number of aryl methyl sites for hydroxylation is 1. The standard InChI is InChI=1S/C19H22N4O3S/c1-22(15-9-12-27(25,26)13-15)18(24)16-8-10-20-19(21-16)23-11-4-6-14-5-2-3-7-17(14)23/h2-3,5,7-8,10,15H,4,6,9,11-13H2,1H3. The van der Waals surface area contributed by atoms with Crippen molar-refractivity contribution in [3.05, 3.63) is 47.8 Å². The molecule has 1 saturated heterocycles. The van der Waals surface area contributed by atoms with E-state index in [2.05, 4.69) is 16.0 Å². The van der Waals surface area contributed by atoms with Gasteiger partial charge in [-0.05, 0) is 37.0 Å². The first-order valence-corrected chi connectivity index (χ1v) is 10.9. The summed E-state index contributed by atoms with van der Waals surface area (Å²) in [7, 11) is -1.41. The van der Waals surface area contributed by atoms with Crippen LogP contribution in [0.3, 0.4) is 0 Å². The zero-order chi connectivity index (χ0) is 19.0. The molecule has 3 heterocycles. The van der Waals surface area contributed by atoms with Gasteiger partial charge in [-0.25, -0.2) is 18.4 Å². The molecule has 2 aliphatic heterocycles. The molecule has 0 radical (unpaired) electrons. The van der Waals surface area contributed by atoms with E-state index in [-0.39, 0.29) is 29.1 Å². The number of hydrogen-bond acceptors (Lipinski definition) is 6. The predicted molar refractivity (Wildman–Crippen MR) is 103 cm³/mol. The number of aromatic nitrogens is 2. The van der Waals surface area contributed by atoms with E-state index in [4.69, 9.17) is 0 Å². The first-order chi connectivity index (χ1) is 12.9. The summed E-state index contributed by atoms with van der Waals surface area (Å²) in [4.78, 5) is 25.3. The van der Waals surface area contributed by atoms with Crippen LogP contribution in [-0.4, -0.2) is 60.3 Å². The Hall–Kier alpha value is -2.48. The number of nitrogens with zero attached hydrogens (tertiary/aromatic N) is 4. The Morgan fingerprint density at radius 3 is 2.85 bits per heavy atom. The van der Waals surface area contributed by atoms with Crippen LogP contribution in [-0.2, 0) is 16.3 Å². The third-order valence-corrected chi connectivity index (χ3v) is 7.04. The van der Waals surface area contributed by atoms with Crippen molar-refractivity contribution in [2.45, 2.75) is 25.3 Å². The molecule has 4 rings (SSSR count). The lowest BCUT2D eigenvalue weighted by Crippen LogP contribution is -2.38. The maximum absolute atomic E-state index is 12.8. The molecule has 1 fully saturated rings. The fourth-order valence-electron chi connectivity index (χ4n) is 3.77. The summed E-state index contributed by atoms with van der Waals surface area (Å²) >= 11 is 0. The zero-order valence-corrected chi connectivity index (χ0v) is 16.0. The molecule has 1 atom stereocenters. The highest BCUT2D eigenvalue weighted by Crippen LogP contribution is 2.31. The van der Waals surface area contributed by atoms with Crippen molar-refractivity contribution in [2.24, 2.45) is 0 Å². The molecule has 27 heavy (non-hydrogen) atoms. The maximum atomic E-state index is 12.8. The Morgan fingerprint density at radius 1 is 1.26 bits per heavy atom. The Kier molecular flexibility index (Phi) is 4.59. The molecule has 1 aromatic carbocycles. The average Bonchev–Trinajstić information content (AvgIpc) is 3.06. The Bertz CT molecular complexity index is 976. The van der Waals surface area contributed by atoms with E-state index < -0.39 is 9.84 Å². The molecular formula is C19H22N4O3S. The summed E-state index contributed by atoms with van der Waals surface area (Å²) < 4.78 is 23.4. The van der Waals surface area contributed by atoms with Gasteiger partial charge in [-0.3, -0.25) is 4.79 Å². The Labute approximate surface area is 159 Å². The van der Waals surface area contributed by atoms with Crippen molar-refractivity contribution in [3.63, 3.8) is 0 Å². The van der Waals surface area contributed by atoms with Gasteiger partial charge in [-0.1, -0.05) is 18.2 Å². The van der Waals surface area contributed by atoms with Gasteiger partial charge >= 0.3 is 0 Å². The van der Waals surface area contributed by atoms with Crippen molar-refractivity contribution in [3.8, 4) is 0 Å². The van der Waals surface area contributed by atoms with Crippen molar-refractivity contribution >= 4 is 27.4 Å². The number of carbonyl (C=O) groups is 1. The molecule has 7 nitrogen and oxygen atoms in total. The minimum absolute atomic E-state index is 0.0205. The molecule has 0 saturated carbocycles. The number of hydrogen-bond donors (Lipinski definition) is 0. The minimum atomic E-state index is -3.05. The molecule has 142 valence electrons. The predicted octanol–water partition coefficient (Wildman–Crippen LogP) is 1.82. The summed E-state index contributed by atoms with van der Waals surface area (Å²) in [5.74, 6) is 0.383. The average molecular weight is 386 g/mol. The van der Waals surface area contributed by atoms with Gasteiger partial charge in [0.15, 0.2) is 9.84 Å². The van der Waals surface area contributed by atoms with E-state index in [9.17, 15) is 13.2 Å². The fourth-order valence-corrected chi connectivity index (χ4v) is 5.54. The maximum Gasteiger partial charge on any atom is 0.272 e. The smallest absolute Gasteiger partial charge is 0.272 e. The number of carbonyl (C=O) groups excluding carboxylic acids is 1. The van der Waals surface area contributed by atoms with Crippen LogP contribution >= 0.6 is 0 Å². The van der Waals surface area contributed by atoms with E-state index in [1.165, 1.54) is 10.5 Å². The molecule has 1 amide bonds. The van der Waals surface area contributed by atoms with Crippen molar-refractivity contribution in [1.82, 2.24) is 14.9 Å². The molecular weight excluding hydrogens is 364 g/mol. The van der Waals surface area contributed by atoms with Gasteiger partial charge in [0.25, 0.3) is 5.91 Å². The number of para-hydroxylation sites is 1. The topological polar surface area (TPSA) is 83.5 Å². The van der Waals surface area contributed by atoms with Crippen LogP contribution in [0.1, 0.15) is 28.9 Å². The van der Waals surface area contributed by atoms with Crippen LogP contribution in [0.4, 0.5) is 11.6 Å². The number of amides is 1. The SMILES string of the molecule is CN(C(=O)c1ccnc(N2CCCc3ccccc32)n1)C1CCS(=O)(=O)C1. The van der Waals surface area contributed by atoms with Crippen LogP contribution in [0.5, 0.6) is 0 Å². The Morgan fingerprint density at radius 2 is 2.07 bits per heavy atom. The van der Waals surface area contributed by atoms with E-state index in [0.29, 0.717) is 12.4 Å². The third kappa shape index (κ3) is 3.53. The van der Waals surface area contributed by atoms with Crippen molar-refractivity contribution in [1.29, 1.82) is 0 Å². The second-order valence-electron chi connectivity index (χ2n) is 7.10. The highest BCUT2D eigenvalue weighted by Gasteiger charge is 2.33. The lowest BCUT2D eigenvalue weighted by Gasteiger charge is -2.29.